The fourth-order valence-electron chi connectivity index (χ4n) is 3.36. The molecule has 0 bridgehead atoms. The maximum absolute atomic E-state index is 12.8. The molecule has 27 heavy (non-hydrogen) atoms. The zero-order valence-electron chi connectivity index (χ0n) is 15.2. The SMILES string of the molecule is CCOC(=O)c1nnc2ccccc2c1N1CCN(CC(F)(F)F)C(C)C1. The van der Waals surface area contributed by atoms with Crippen molar-refractivity contribution in [3.05, 3.63) is 30.0 Å². The average molecular weight is 382 g/mol. The van der Waals surface area contributed by atoms with Crippen LogP contribution in [0.5, 0.6) is 0 Å². The van der Waals surface area contributed by atoms with Crippen LogP contribution in [0.3, 0.4) is 0 Å². The molecule has 0 radical (unpaired) electrons. The third-order valence-electron chi connectivity index (χ3n) is 4.57. The van der Waals surface area contributed by atoms with Gasteiger partial charge in [0.2, 0.25) is 0 Å². The van der Waals surface area contributed by atoms with Crippen LogP contribution >= 0.6 is 0 Å². The normalized spacial score (nSPS) is 18.7. The summed E-state index contributed by atoms with van der Waals surface area (Å²) in [4.78, 5) is 15.7. The van der Waals surface area contributed by atoms with E-state index in [1.807, 2.05) is 23.1 Å². The number of fused-ring (bicyclic) bond motifs is 1. The summed E-state index contributed by atoms with van der Waals surface area (Å²) in [5, 5.41) is 8.86. The highest BCUT2D eigenvalue weighted by molar-refractivity contribution is 6.03. The molecular weight excluding hydrogens is 361 g/mol. The minimum atomic E-state index is -4.24. The van der Waals surface area contributed by atoms with Gasteiger partial charge in [0.1, 0.15) is 0 Å². The van der Waals surface area contributed by atoms with Gasteiger partial charge >= 0.3 is 12.1 Å². The lowest BCUT2D eigenvalue weighted by Crippen LogP contribution is -2.54. The summed E-state index contributed by atoms with van der Waals surface area (Å²) in [7, 11) is 0. The van der Waals surface area contributed by atoms with Gasteiger partial charge in [0, 0.05) is 31.1 Å². The maximum atomic E-state index is 12.8. The molecule has 1 saturated heterocycles. The molecule has 1 aromatic carbocycles. The van der Waals surface area contributed by atoms with Crippen molar-refractivity contribution in [3.8, 4) is 0 Å². The monoisotopic (exact) mass is 382 g/mol. The van der Waals surface area contributed by atoms with Gasteiger partial charge in [0.05, 0.1) is 24.4 Å². The van der Waals surface area contributed by atoms with E-state index < -0.39 is 18.7 Å². The van der Waals surface area contributed by atoms with Gasteiger partial charge in [-0.25, -0.2) is 4.79 Å². The average Bonchev–Trinajstić information content (AvgIpc) is 2.61. The van der Waals surface area contributed by atoms with Gasteiger partial charge in [-0.3, -0.25) is 4.90 Å². The van der Waals surface area contributed by atoms with Crippen LogP contribution in [-0.4, -0.2) is 66.1 Å². The van der Waals surface area contributed by atoms with Crippen molar-refractivity contribution in [1.82, 2.24) is 15.1 Å². The number of nitrogens with zero attached hydrogens (tertiary/aromatic N) is 4. The van der Waals surface area contributed by atoms with Crippen LogP contribution in [0.4, 0.5) is 18.9 Å². The Bertz CT molecular complexity index is 828. The summed E-state index contributed by atoms with van der Waals surface area (Å²) in [5.41, 5.74) is 1.27. The highest BCUT2D eigenvalue weighted by atomic mass is 19.4. The number of hydrogen-bond acceptors (Lipinski definition) is 6. The molecule has 2 heterocycles. The minimum absolute atomic E-state index is 0.0898. The molecule has 1 aliphatic heterocycles. The first-order chi connectivity index (χ1) is 12.8. The van der Waals surface area contributed by atoms with Crippen LogP contribution in [0.15, 0.2) is 24.3 Å². The Morgan fingerprint density at radius 2 is 2.00 bits per heavy atom. The van der Waals surface area contributed by atoms with E-state index in [4.69, 9.17) is 4.74 Å². The molecule has 9 heteroatoms. The molecule has 1 aliphatic rings. The van der Waals surface area contributed by atoms with Crippen molar-refractivity contribution in [3.63, 3.8) is 0 Å². The Labute approximate surface area is 154 Å². The summed E-state index contributed by atoms with van der Waals surface area (Å²) >= 11 is 0. The molecule has 6 nitrogen and oxygen atoms in total. The van der Waals surface area contributed by atoms with Gasteiger partial charge in [-0.15, -0.1) is 10.2 Å². The second kappa shape index (κ2) is 7.67. The molecule has 0 spiro atoms. The number of alkyl halides is 3. The van der Waals surface area contributed by atoms with Crippen LogP contribution in [-0.2, 0) is 4.74 Å². The summed E-state index contributed by atoms with van der Waals surface area (Å²) in [6, 6.07) is 6.92. The summed E-state index contributed by atoms with van der Waals surface area (Å²) in [5.74, 6) is -0.587. The lowest BCUT2D eigenvalue weighted by atomic mass is 10.1. The van der Waals surface area contributed by atoms with Crippen molar-refractivity contribution >= 4 is 22.6 Å². The number of carbonyl (C=O) groups is 1. The summed E-state index contributed by atoms with van der Waals surface area (Å²) < 4.78 is 43.4. The number of rotatable bonds is 4. The van der Waals surface area contributed by atoms with Gasteiger partial charge in [0.25, 0.3) is 0 Å². The number of ether oxygens (including phenoxy) is 1. The second-order valence-electron chi connectivity index (χ2n) is 6.52. The topological polar surface area (TPSA) is 58.6 Å². The molecule has 0 amide bonds. The molecule has 0 saturated carbocycles. The van der Waals surface area contributed by atoms with E-state index in [1.165, 1.54) is 4.90 Å². The molecule has 146 valence electrons. The Hall–Kier alpha value is -2.42. The third kappa shape index (κ3) is 4.29. The van der Waals surface area contributed by atoms with E-state index in [9.17, 15) is 18.0 Å². The van der Waals surface area contributed by atoms with Crippen LogP contribution < -0.4 is 4.90 Å². The maximum Gasteiger partial charge on any atom is 0.401 e. The third-order valence-corrected chi connectivity index (χ3v) is 4.57. The van der Waals surface area contributed by atoms with Crippen LogP contribution in [0.25, 0.3) is 10.9 Å². The van der Waals surface area contributed by atoms with Gasteiger partial charge in [-0.1, -0.05) is 18.2 Å². The van der Waals surface area contributed by atoms with Crippen molar-refractivity contribution in [2.45, 2.75) is 26.1 Å². The van der Waals surface area contributed by atoms with Gasteiger partial charge in [0.15, 0.2) is 5.69 Å². The van der Waals surface area contributed by atoms with Gasteiger partial charge in [-0.2, -0.15) is 13.2 Å². The standard InChI is InChI=1S/C18H21F3N4O2/c1-3-27-17(26)15-16(13-6-4-5-7-14(13)22-23-15)24-8-9-25(12(2)10-24)11-18(19,20)21/h4-7,12H,3,8-11H2,1-2H3. The first-order valence-electron chi connectivity index (χ1n) is 8.78. The molecule has 2 aromatic rings. The van der Waals surface area contributed by atoms with Gasteiger partial charge in [-0.05, 0) is 19.9 Å². The fourth-order valence-corrected chi connectivity index (χ4v) is 3.36. The predicted octanol–water partition coefficient (Wildman–Crippen LogP) is 2.88. The summed E-state index contributed by atoms with van der Waals surface area (Å²) in [6.45, 7) is 3.63. The van der Waals surface area contributed by atoms with Crippen LogP contribution in [0.1, 0.15) is 24.3 Å². The second-order valence-corrected chi connectivity index (χ2v) is 6.52. The number of piperazine rings is 1. The van der Waals surface area contributed by atoms with E-state index in [1.54, 1.807) is 19.9 Å². The van der Waals surface area contributed by atoms with E-state index in [0.29, 0.717) is 24.3 Å². The number of anilines is 1. The number of aromatic nitrogens is 2. The minimum Gasteiger partial charge on any atom is -0.461 e. The number of carbonyl (C=O) groups excluding carboxylic acids is 1. The quantitative estimate of drug-likeness (QED) is 0.758. The Morgan fingerprint density at radius 3 is 2.67 bits per heavy atom. The molecular formula is C18H21F3N4O2. The van der Waals surface area contributed by atoms with Crippen molar-refractivity contribution in [1.29, 1.82) is 0 Å². The Morgan fingerprint density at radius 1 is 1.26 bits per heavy atom. The number of halogens is 3. The predicted molar refractivity (Wildman–Crippen MR) is 94.8 cm³/mol. The molecule has 1 unspecified atom stereocenters. The van der Waals surface area contributed by atoms with Crippen molar-refractivity contribution < 1.29 is 22.7 Å². The number of hydrogen-bond donors (Lipinski definition) is 0. The Kier molecular flexibility index (Phi) is 5.50. The molecule has 1 atom stereocenters. The highest BCUT2D eigenvalue weighted by Gasteiger charge is 2.36. The number of esters is 1. The molecule has 0 N–H and O–H groups in total. The van der Waals surface area contributed by atoms with Crippen molar-refractivity contribution in [2.24, 2.45) is 0 Å². The molecule has 0 aliphatic carbocycles. The number of benzene rings is 1. The molecule has 1 fully saturated rings. The summed E-state index contributed by atoms with van der Waals surface area (Å²) in [6.07, 6.45) is -4.24. The largest absolute Gasteiger partial charge is 0.461 e. The zero-order valence-corrected chi connectivity index (χ0v) is 15.2. The lowest BCUT2D eigenvalue weighted by molar-refractivity contribution is -0.150. The fraction of sp³-hybridized carbons (Fsp3) is 0.500. The lowest BCUT2D eigenvalue weighted by Gasteiger charge is -2.41. The van der Waals surface area contributed by atoms with Crippen molar-refractivity contribution in [2.75, 3.05) is 37.7 Å². The first-order valence-corrected chi connectivity index (χ1v) is 8.78. The highest BCUT2D eigenvalue weighted by Crippen LogP contribution is 2.31. The van der Waals surface area contributed by atoms with Crippen LogP contribution in [0.2, 0.25) is 0 Å². The Balaban J connectivity index is 1.96. The molecule has 1 aromatic heterocycles. The van der Waals surface area contributed by atoms with E-state index >= 15 is 0 Å². The van der Waals surface area contributed by atoms with E-state index in [0.717, 1.165) is 5.39 Å². The first kappa shape index (κ1) is 19.3. The smallest absolute Gasteiger partial charge is 0.401 e. The molecule has 3 rings (SSSR count). The van der Waals surface area contributed by atoms with E-state index in [2.05, 4.69) is 10.2 Å². The van der Waals surface area contributed by atoms with E-state index in [-0.39, 0.29) is 24.9 Å². The zero-order chi connectivity index (χ0) is 19.6. The van der Waals surface area contributed by atoms with Crippen LogP contribution in [0, 0.1) is 0 Å². The van der Waals surface area contributed by atoms with Gasteiger partial charge < -0.3 is 9.64 Å².